The molecule has 9 heteroatoms. The number of aliphatic imine (C=N–C) groups is 1. The molecule has 4 N–H and O–H groups in total. The molecule has 1 aliphatic heterocycles. The van der Waals surface area contributed by atoms with Gasteiger partial charge in [-0.05, 0) is 71.0 Å². The van der Waals surface area contributed by atoms with E-state index in [4.69, 9.17) is 15.9 Å². The molecule has 0 amide bonds. The number of sulfonamides is 1. The van der Waals surface area contributed by atoms with Crippen molar-refractivity contribution in [1.29, 1.82) is 5.41 Å². The second-order valence-electron chi connectivity index (χ2n) is 13.0. The van der Waals surface area contributed by atoms with E-state index in [1.165, 1.54) is 23.8 Å². The summed E-state index contributed by atoms with van der Waals surface area (Å²) in [7, 11) is -3.66. The fraction of sp³-hybridized carbons (Fsp3) is 0.405. The zero-order chi connectivity index (χ0) is 33.5. The van der Waals surface area contributed by atoms with Crippen molar-refractivity contribution in [3.63, 3.8) is 0 Å². The van der Waals surface area contributed by atoms with E-state index in [-0.39, 0.29) is 22.0 Å². The lowest BCUT2D eigenvalue weighted by Gasteiger charge is -2.23. The lowest BCUT2D eigenvalue weighted by molar-refractivity contribution is 0.370. The van der Waals surface area contributed by atoms with Crippen LogP contribution in [0.15, 0.2) is 64.5 Å². The maximum atomic E-state index is 14.1. The summed E-state index contributed by atoms with van der Waals surface area (Å²) >= 11 is 0. The molecule has 246 valence electrons. The predicted molar refractivity (Wildman–Crippen MR) is 187 cm³/mol. The van der Waals surface area contributed by atoms with Crippen LogP contribution in [0.1, 0.15) is 89.8 Å². The molecule has 0 aliphatic carbocycles. The number of aryl methyl sites for hydroxylation is 1. The number of unbranched alkanes of at least 4 members (excludes halogenated alkanes) is 3. The van der Waals surface area contributed by atoms with Crippen LogP contribution in [0.2, 0.25) is 0 Å². The molecule has 0 bridgehead atoms. The van der Waals surface area contributed by atoms with Crippen molar-refractivity contribution < 1.29 is 17.5 Å². The second kappa shape index (κ2) is 15.2. The van der Waals surface area contributed by atoms with Crippen molar-refractivity contribution in [2.24, 2.45) is 16.1 Å². The molecule has 1 heterocycles. The first-order valence-electron chi connectivity index (χ1n) is 16.1. The summed E-state index contributed by atoms with van der Waals surface area (Å²) < 4.78 is 49.3. The molecule has 0 fully saturated rings. The lowest BCUT2D eigenvalue weighted by Crippen LogP contribution is -2.35. The minimum absolute atomic E-state index is 0.0328. The van der Waals surface area contributed by atoms with E-state index in [9.17, 15) is 12.8 Å². The average Bonchev–Trinajstić information content (AvgIpc) is 3.28. The molecule has 7 nitrogen and oxygen atoms in total. The zero-order valence-electron chi connectivity index (χ0n) is 27.7. The highest BCUT2D eigenvalue weighted by Gasteiger charge is 2.27. The van der Waals surface area contributed by atoms with Crippen LogP contribution in [-0.2, 0) is 16.4 Å². The summed E-state index contributed by atoms with van der Waals surface area (Å²) in [4.78, 5) is 4.44. The number of nitrogens with zero attached hydrogens (tertiary/aromatic N) is 1. The van der Waals surface area contributed by atoms with Gasteiger partial charge in [-0.3, -0.25) is 5.41 Å². The van der Waals surface area contributed by atoms with Gasteiger partial charge in [-0.1, -0.05) is 84.6 Å². The summed E-state index contributed by atoms with van der Waals surface area (Å²) in [6.45, 7) is 10.2. The van der Waals surface area contributed by atoms with Gasteiger partial charge in [0.2, 0.25) is 10.0 Å². The molecule has 0 saturated carbocycles. The van der Waals surface area contributed by atoms with Crippen LogP contribution in [0.4, 0.5) is 4.39 Å². The van der Waals surface area contributed by atoms with E-state index >= 15 is 0 Å². The van der Waals surface area contributed by atoms with E-state index in [0.717, 1.165) is 49.7 Å². The van der Waals surface area contributed by atoms with Gasteiger partial charge in [0, 0.05) is 34.9 Å². The first-order valence-corrected chi connectivity index (χ1v) is 17.6. The molecule has 3 aromatic rings. The molecule has 0 aromatic heterocycles. The highest BCUT2D eigenvalue weighted by Crippen LogP contribution is 2.31. The van der Waals surface area contributed by atoms with Gasteiger partial charge in [-0.25, -0.2) is 22.5 Å². The number of benzene rings is 3. The Labute approximate surface area is 273 Å². The molecule has 3 aromatic carbocycles. The van der Waals surface area contributed by atoms with Crippen molar-refractivity contribution in [2.45, 2.75) is 84.5 Å². The third-order valence-corrected chi connectivity index (χ3v) is 9.32. The van der Waals surface area contributed by atoms with Gasteiger partial charge < -0.3 is 10.5 Å². The topological polar surface area (TPSA) is 118 Å². The van der Waals surface area contributed by atoms with Gasteiger partial charge in [0.05, 0.1) is 4.90 Å². The van der Waals surface area contributed by atoms with Crippen molar-refractivity contribution in [2.75, 3.05) is 13.2 Å². The zero-order valence-corrected chi connectivity index (χ0v) is 28.5. The molecular formula is C37H47FN4O3S. The number of hydrogen-bond donors (Lipinski definition) is 3. The van der Waals surface area contributed by atoms with E-state index in [0.29, 0.717) is 46.0 Å². The van der Waals surface area contributed by atoms with Crippen LogP contribution in [0.5, 0.6) is 5.75 Å². The van der Waals surface area contributed by atoms with Crippen LogP contribution in [0.3, 0.4) is 0 Å². The van der Waals surface area contributed by atoms with Crippen molar-refractivity contribution >= 4 is 33.5 Å². The molecular weight excluding hydrogens is 599 g/mol. The Morgan fingerprint density at radius 2 is 1.70 bits per heavy atom. The van der Waals surface area contributed by atoms with Crippen LogP contribution in [0.25, 0.3) is 23.0 Å². The molecule has 0 spiro atoms. The van der Waals surface area contributed by atoms with Crippen molar-refractivity contribution in [3.8, 4) is 16.9 Å². The third kappa shape index (κ3) is 8.50. The Balaban J connectivity index is 1.90. The highest BCUT2D eigenvalue weighted by molar-refractivity contribution is 7.89. The minimum atomic E-state index is -3.66. The molecule has 0 saturated heterocycles. The number of ether oxygens (including phenoxy) is 1. The summed E-state index contributed by atoms with van der Waals surface area (Å²) in [5.41, 5.74) is 10.2. The number of alkyl halides is 1. The standard InChI is InChI=1S/C37H47FN4O3S/c1-6-8-9-10-22-41-46(43,44)29-18-16-28(17-19-29)45-31(24-37(3,4)5)32-27(20-21-38)23-30-34(36(40)42-35(30)39)33(32)26-14-12-25(11-7-2)13-15-26/h12-20,23,41H,6-11,21-22,24H2,1-5H3,(H3,39,40,42)/b27-20-,32-31?. The minimum Gasteiger partial charge on any atom is -0.461 e. The fourth-order valence-electron chi connectivity index (χ4n) is 5.68. The van der Waals surface area contributed by atoms with Crippen molar-refractivity contribution in [3.05, 3.63) is 81.7 Å². The second-order valence-corrected chi connectivity index (χ2v) is 14.7. The Bertz CT molecular complexity index is 1810. The first-order chi connectivity index (χ1) is 21.9. The Morgan fingerprint density at radius 1 is 1.00 bits per heavy atom. The van der Waals surface area contributed by atoms with Crippen LogP contribution >= 0.6 is 0 Å². The monoisotopic (exact) mass is 646 g/mol. The smallest absolute Gasteiger partial charge is 0.240 e. The fourth-order valence-corrected chi connectivity index (χ4v) is 6.76. The average molecular weight is 647 g/mol. The molecule has 0 unspecified atom stereocenters. The van der Waals surface area contributed by atoms with Crippen molar-refractivity contribution in [1.82, 2.24) is 4.72 Å². The molecule has 0 atom stereocenters. The normalized spacial score (nSPS) is 14.3. The number of nitrogens with two attached hydrogens (primary N) is 1. The number of fused-ring (bicyclic) bond motifs is 1. The third-order valence-electron chi connectivity index (χ3n) is 7.85. The van der Waals surface area contributed by atoms with Crippen LogP contribution < -0.4 is 25.6 Å². The van der Waals surface area contributed by atoms with Gasteiger partial charge in [-0.2, -0.15) is 0 Å². The SMILES string of the molecule is CCCCCCNS(=O)(=O)c1ccc(OC(CC(C)(C)C)=c2c(-c3ccc(CCC)cc3)c3c(c/c2=C/CF)C(=N)N=C3N)cc1. The Morgan fingerprint density at radius 3 is 2.30 bits per heavy atom. The quantitative estimate of drug-likeness (QED) is 0.172. The van der Waals surface area contributed by atoms with Gasteiger partial charge in [0.25, 0.3) is 0 Å². The number of hydrogen-bond acceptors (Lipinski definition) is 5. The molecule has 4 rings (SSSR count). The maximum Gasteiger partial charge on any atom is 0.240 e. The Kier molecular flexibility index (Phi) is 11.6. The predicted octanol–water partition coefficient (Wildman–Crippen LogP) is 6.58. The maximum absolute atomic E-state index is 14.1. The summed E-state index contributed by atoms with van der Waals surface area (Å²) in [5, 5.41) is 9.77. The van der Waals surface area contributed by atoms with Gasteiger partial charge >= 0.3 is 0 Å². The van der Waals surface area contributed by atoms with Crippen LogP contribution in [-0.4, -0.2) is 33.3 Å². The van der Waals surface area contributed by atoms with Crippen LogP contribution in [0, 0.1) is 10.8 Å². The number of nitrogens with one attached hydrogen (secondary N) is 2. The number of halogens is 1. The molecule has 1 aliphatic rings. The number of amidine groups is 2. The van der Waals surface area contributed by atoms with Gasteiger partial charge in [0.1, 0.15) is 24.0 Å². The highest BCUT2D eigenvalue weighted by atomic mass is 32.2. The molecule has 0 radical (unpaired) electrons. The Hall–Kier alpha value is -3.82. The molecule has 46 heavy (non-hydrogen) atoms. The lowest BCUT2D eigenvalue weighted by atomic mass is 9.86. The summed E-state index contributed by atoms with van der Waals surface area (Å²) in [5.74, 6) is 1.29. The largest absolute Gasteiger partial charge is 0.461 e. The first kappa shape index (κ1) is 35.0. The van der Waals surface area contributed by atoms with E-state index in [1.807, 2.05) is 12.1 Å². The van der Waals surface area contributed by atoms with E-state index in [1.54, 1.807) is 18.2 Å². The van der Waals surface area contributed by atoms with E-state index in [2.05, 4.69) is 56.5 Å². The number of rotatable bonds is 14. The summed E-state index contributed by atoms with van der Waals surface area (Å²) in [6.07, 6.45) is 7.85. The summed E-state index contributed by atoms with van der Waals surface area (Å²) in [6, 6.07) is 16.3. The van der Waals surface area contributed by atoms with E-state index < -0.39 is 16.7 Å². The van der Waals surface area contributed by atoms with Gasteiger partial charge in [-0.15, -0.1) is 0 Å². The van der Waals surface area contributed by atoms with Gasteiger partial charge in [0.15, 0.2) is 5.84 Å².